The van der Waals surface area contributed by atoms with Gasteiger partial charge in [0, 0.05) is 30.3 Å². The van der Waals surface area contributed by atoms with Crippen molar-refractivity contribution in [1.82, 2.24) is 10.3 Å². The number of anilines is 2. The van der Waals surface area contributed by atoms with Crippen LogP contribution in [-0.2, 0) is 19.0 Å². The number of esters is 2. The predicted octanol–water partition coefficient (Wildman–Crippen LogP) is 0.874. The van der Waals surface area contributed by atoms with Crippen molar-refractivity contribution < 1.29 is 48.7 Å². The van der Waals surface area contributed by atoms with Crippen LogP contribution in [0.15, 0.2) is 48.7 Å². The highest BCUT2D eigenvalue weighted by Crippen LogP contribution is 2.32. The number of ether oxygens (including phenoxy) is 4. The van der Waals surface area contributed by atoms with Crippen molar-refractivity contribution in [2.75, 3.05) is 26.1 Å². The van der Waals surface area contributed by atoms with Crippen LogP contribution in [0.2, 0.25) is 0 Å². The third-order valence-electron chi connectivity index (χ3n) is 6.30. The maximum Gasteiger partial charge on any atom is 0.341 e. The number of pyridine rings is 1. The van der Waals surface area contributed by atoms with Gasteiger partial charge < -0.3 is 44.9 Å². The van der Waals surface area contributed by atoms with E-state index in [2.05, 4.69) is 15.6 Å². The number of aliphatic hydroxyl groups excluding tert-OH is 3. The van der Waals surface area contributed by atoms with Gasteiger partial charge in [-0.3, -0.25) is 9.78 Å². The van der Waals surface area contributed by atoms with Crippen LogP contribution in [0.4, 0.5) is 11.4 Å². The molecule has 1 saturated heterocycles. The van der Waals surface area contributed by atoms with Gasteiger partial charge in [0.15, 0.2) is 0 Å². The largest absolute Gasteiger partial charge is 0.465 e. The number of amides is 1. The summed E-state index contributed by atoms with van der Waals surface area (Å²) in [7, 11) is 2.49. The van der Waals surface area contributed by atoms with Gasteiger partial charge >= 0.3 is 11.9 Å². The fraction of sp³-hybridized carbons (Fsp3) is 0.333. The lowest BCUT2D eigenvalue weighted by molar-refractivity contribution is -0.244. The summed E-state index contributed by atoms with van der Waals surface area (Å²) in [6.45, 7) is 0.647. The number of hydrogen-bond donors (Lipinski definition) is 5. The first-order valence-electron chi connectivity index (χ1n) is 12.2. The molecule has 0 radical (unpaired) electrons. The van der Waals surface area contributed by atoms with Gasteiger partial charge in [-0.15, -0.1) is 0 Å². The number of rotatable bonds is 8. The second-order valence-electron chi connectivity index (χ2n) is 8.97. The summed E-state index contributed by atoms with van der Waals surface area (Å²) in [6.07, 6.45) is -3.99. The molecular formula is C27H29N3O10. The lowest BCUT2D eigenvalue weighted by Crippen LogP contribution is -2.65. The first-order valence-corrected chi connectivity index (χ1v) is 12.2. The normalized spacial score (nSPS) is 22.3. The van der Waals surface area contributed by atoms with Gasteiger partial charge in [-0.1, -0.05) is 6.07 Å². The van der Waals surface area contributed by atoms with Crippen LogP contribution in [0.1, 0.15) is 27.6 Å². The molecule has 5 atom stereocenters. The molecule has 1 aromatic heterocycles. The zero-order chi connectivity index (χ0) is 29.0. The molecule has 212 valence electrons. The van der Waals surface area contributed by atoms with Crippen molar-refractivity contribution >= 4 is 40.1 Å². The molecule has 1 amide bonds. The number of hydrogen-bond acceptors (Lipinski definition) is 12. The Hall–Kier alpha value is -4.30. The number of benzene rings is 2. The second kappa shape index (κ2) is 12.3. The van der Waals surface area contributed by atoms with Crippen LogP contribution in [-0.4, -0.2) is 89.6 Å². The van der Waals surface area contributed by atoms with Crippen LogP contribution in [0.25, 0.3) is 10.9 Å². The van der Waals surface area contributed by atoms with Crippen molar-refractivity contribution in [3.05, 3.63) is 59.8 Å². The standard InChI is InChI=1S/C27H29N3O10/c1-13(32)29-22-24(34)23(33)20(12-31)40-27(22)39-16-6-4-5-15(10-16)30-21-17-9-14(25(35)37-2)7-8-19(17)28-11-18(21)26(36)38-3/h4-11,20,22-24,27,31,33-34H,12H2,1-3H3,(H,28,30)(H,29,32)/t20-,22-,23+,24-,27+/m0/s1. The van der Waals surface area contributed by atoms with Crippen molar-refractivity contribution in [2.24, 2.45) is 0 Å². The molecule has 13 heteroatoms. The van der Waals surface area contributed by atoms with Gasteiger partial charge in [0.1, 0.15) is 35.7 Å². The van der Waals surface area contributed by atoms with Crippen LogP contribution in [0.3, 0.4) is 0 Å². The predicted molar refractivity (Wildman–Crippen MR) is 140 cm³/mol. The molecule has 1 aliphatic heterocycles. The molecule has 0 spiro atoms. The van der Waals surface area contributed by atoms with Crippen molar-refractivity contribution in [2.45, 2.75) is 37.6 Å². The Balaban J connectivity index is 1.69. The minimum absolute atomic E-state index is 0.104. The van der Waals surface area contributed by atoms with E-state index < -0.39 is 55.1 Å². The highest BCUT2D eigenvalue weighted by Gasteiger charge is 2.46. The van der Waals surface area contributed by atoms with Crippen LogP contribution < -0.4 is 15.4 Å². The van der Waals surface area contributed by atoms with Gasteiger partial charge in [0.25, 0.3) is 0 Å². The minimum atomic E-state index is -1.48. The van der Waals surface area contributed by atoms with Crippen molar-refractivity contribution in [1.29, 1.82) is 0 Å². The molecule has 0 saturated carbocycles. The fourth-order valence-corrected chi connectivity index (χ4v) is 4.33. The van der Waals surface area contributed by atoms with E-state index in [1.54, 1.807) is 42.5 Å². The lowest BCUT2D eigenvalue weighted by Gasteiger charge is -2.42. The van der Waals surface area contributed by atoms with E-state index >= 15 is 0 Å². The highest BCUT2D eigenvalue weighted by atomic mass is 16.7. The van der Waals surface area contributed by atoms with E-state index in [-0.39, 0.29) is 16.9 Å². The number of carbonyl (C=O) groups excluding carboxylic acids is 3. The molecule has 2 aromatic carbocycles. The van der Waals surface area contributed by atoms with Gasteiger partial charge in [-0.05, 0) is 30.3 Å². The lowest BCUT2D eigenvalue weighted by atomic mass is 9.97. The molecule has 0 aliphatic carbocycles. The Labute approximate surface area is 228 Å². The third kappa shape index (κ3) is 5.97. The molecule has 13 nitrogen and oxygen atoms in total. The molecule has 0 bridgehead atoms. The topological polar surface area (TPSA) is 186 Å². The van der Waals surface area contributed by atoms with Gasteiger partial charge in [0.05, 0.1) is 37.6 Å². The van der Waals surface area contributed by atoms with E-state index in [1.807, 2.05) is 0 Å². The number of methoxy groups -OCH3 is 2. The monoisotopic (exact) mass is 555 g/mol. The number of nitrogens with zero attached hydrogens (tertiary/aromatic N) is 1. The average molecular weight is 556 g/mol. The maximum atomic E-state index is 12.6. The Kier molecular flexibility index (Phi) is 8.80. The second-order valence-corrected chi connectivity index (χ2v) is 8.97. The average Bonchev–Trinajstić information content (AvgIpc) is 2.96. The third-order valence-corrected chi connectivity index (χ3v) is 6.30. The van der Waals surface area contributed by atoms with Gasteiger partial charge in [-0.25, -0.2) is 9.59 Å². The first kappa shape index (κ1) is 28.7. The van der Waals surface area contributed by atoms with E-state index in [0.29, 0.717) is 22.3 Å². The van der Waals surface area contributed by atoms with Gasteiger partial charge in [0.2, 0.25) is 12.2 Å². The Morgan fingerprint density at radius 2 is 1.77 bits per heavy atom. The van der Waals surface area contributed by atoms with Gasteiger partial charge in [-0.2, -0.15) is 0 Å². The summed E-state index contributed by atoms with van der Waals surface area (Å²) in [5, 5.41) is 36.5. The molecule has 5 N–H and O–H groups in total. The Bertz CT molecular complexity index is 1410. The molecule has 4 rings (SSSR count). The highest BCUT2D eigenvalue weighted by molar-refractivity contribution is 6.07. The zero-order valence-electron chi connectivity index (χ0n) is 21.9. The Morgan fingerprint density at radius 3 is 2.45 bits per heavy atom. The van der Waals surface area contributed by atoms with E-state index in [1.165, 1.54) is 27.3 Å². The van der Waals surface area contributed by atoms with Crippen LogP contribution in [0, 0.1) is 0 Å². The minimum Gasteiger partial charge on any atom is -0.465 e. The maximum absolute atomic E-state index is 12.6. The summed E-state index contributed by atoms with van der Waals surface area (Å²) in [5.41, 5.74) is 1.60. The number of aromatic nitrogens is 1. The van der Waals surface area contributed by atoms with Crippen LogP contribution in [0.5, 0.6) is 5.75 Å². The summed E-state index contributed by atoms with van der Waals surface area (Å²) in [4.78, 5) is 40.8. The number of nitrogens with one attached hydrogen (secondary N) is 2. The summed E-state index contributed by atoms with van der Waals surface area (Å²) in [5.74, 6) is -1.48. The van der Waals surface area contributed by atoms with Crippen molar-refractivity contribution in [3.8, 4) is 5.75 Å². The summed E-state index contributed by atoms with van der Waals surface area (Å²) < 4.78 is 21.3. The fourth-order valence-electron chi connectivity index (χ4n) is 4.33. The summed E-state index contributed by atoms with van der Waals surface area (Å²) >= 11 is 0. The molecular weight excluding hydrogens is 526 g/mol. The molecule has 1 aliphatic rings. The SMILES string of the molecule is COC(=O)c1ccc2ncc(C(=O)OC)c(Nc3cccc(O[C@@H]4O[C@@H](CO)[C@@H](O)[C@@H](O)[C@@H]4NC(C)=O)c3)c2c1. The number of aliphatic hydroxyl groups is 3. The molecule has 3 aromatic rings. The smallest absolute Gasteiger partial charge is 0.341 e. The zero-order valence-corrected chi connectivity index (χ0v) is 21.9. The van der Waals surface area contributed by atoms with E-state index in [9.17, 15) is 29.7 Å². The Morgan fingerprint density at radius 1 is 1.02 bits per heavy atom. The number of fused-ring (bicyclic) bond motifs is 1. The quantitative estimate of drug-likeness (QED) is 0.247. The molecule has 2 heterocycles. The first-order chi connectivity index (χ1) is 19.2. The number of carbonyl (C=O) groups is 3. The van der Waals surface area contributed by atoms with E-state index in [4.69, 9.17) is 18.9 Å². The molecule has 0 unspecified atom stereocenters. The van der Waals surface area contributed by atoms with Crippen molar-refractivity contribution in [3.63, 3.8) is 0 Å². The summed E-state index contributed by atoms with van der Waals surface area (Å²) in [6, 6.07) is 10.1. The van der Waals surface area contributed by atoms with Crippen LogP contribution >= 0.6 is 0 Å². The molecule has 40 heavy (non-hydrogen) atoms. The molecule has 1 fully saturated rings. The van der Waals surface area contributed by atoms with E-state index in [0.717, 1.165) is 0 Å².